The quantitative estimate of drug-likeness (QED) is 0.424. The standard InChI is InChI=1S/C25H23NO5/c1-29-23-15-18(11-13-22(23)31-17-19-7-4-3-5-8-19)12-14-24(27)26-21-10-6-9-20(16-21)25(28)30-2/h3-16H,17H2,1-2H3,(H,26,27)/b14-12+. The van der Waals surface area contributed by atoms with Crippen LogP contribution in [0.3, 0.4) is 0 Å². The lowest BCUT2D eigenvalue weighted by Crippen LogP contribution is -2.09. The zero-order valence-corrected chi connectivity index (χ0v) is 17.3. The summed E-state index contributed by atoms with van der Waals surface area (Å²) in [6, 6.07) is 21.8. The van der Waals surface area contributed by atoms with Gasteiger partial charge in [-0.1, -0.05) is 42.5 Å². The smallest absolute Gasteiger partial charge is 0.337 e. The summed E-state index contributed by atoms with van der Waals surface area (Å²) in [5.41, 5.74) is 2.70. The molecule has 31 heavy (non-hydrogen) atoms. The highest BCUT2D eigenvalue weighted by atomic mass is 16.5. The van der Waals surface area contributed by atoms with Crippen LogP contribution in [0.4, 0.5) is 5.69 Å². The highest BCUT2D eigenvalue weighted by molar-refractivity contribution is 6.02. The molecule has 6 nitrogen and oxygen atoms in total. The van der Waals surface area contributed by atoms with Crippen molar-refractivity contribution in [3.05, 3.63) is 95.6 Å². The molecule has 3 rings (SSSR count). The first kappa shape index (κ1) is 21.6. The number of amides is 1. The first-order chi connectivity index (χ1) is 15.1. The summed E-state index contributed by atoms with van der Waals surface area (Å²) in [5.74, 6) is 0.399. The number of esters is 1. The first-order valence-corrected chi connectivity index (χ1v) is 9.61. The molecule has 0 saturated heterocycles. The molecule has 0 atom stereocenters. The van der Waals surface area contributed by atoms with Crippen molar-refractivity contribution in [3.63, 3.8) is 0 Å². The van der Waals surface area contributed by atoms with Crippen molar-refractivity contribution in [2.75, 3.05) is 19.5 Å². The third kappa shape index (κ3) is 6.21. The van der Waals surface area contributed by atoms with Gasteiger partial charge in [-0.3, -0.25) is 4.79 Å². The van der Waals surface area contributed by atoms with Gasteiger partial charge < -0.3 is 19.5 Å². The number of carbonyl (C=O) groups is 2. The molecule has 0 saturated carbocycles. The van der Waals surface area contributed by atoms with Crippen molar-refractivity contribution in [1.29, 1.82) is 0 Å². The van der Waals surface area contributed by atoms with Crippen LogP contribution in [0.5, 0.6) is 11.5 Å². The van der Waals surface area contributed by atoms with Gasteiger partial charge in [-0.25, -0.2) is 4.79 Å². The Kier molecular flexibility index (Phi) is 7.43. The minimum atomic E-state index is -0.465. The van der Waals surface area contributed by atoms with Crippen LogP contribution in [-0.4, -0.2) is 26.1 Å². The Bertz CT molecular complexity index is 1080. The molecule has 0 aliphatic heterocycles. The second kappa shape index (κ2) is 10.6. The maximum Gasteiger partial charge on any atom is 0.337 e. The minimum Gasteiger partial charge on any atom is -0.493 e. The normalized spacial score (nSPS) is 10.5. The lowest BCUT2D eigenvalue weighted by Gasteiger charge is -2.11. The number of methoxy groups -OCH3 is 2. The molecule has 3 aromatic carbocycles. The van der Waals surface area contributed by atoms with Crippen LogP contribution in [0.1, 0.15) is 21.5 Å². The second-order valence-corrected chi connectivity index (χ2v) is 6.58. The van der Waals surface area contributed by atoms with Crippen molar-refractivity contribution in [2.45, 2.75) is 6.61 Å². The third-order valence-electron chi connectivity index (χ3n) is 4.40. The van der Waals surface area contributed by atoms with E-state index in [4.69, 9.17) is 9.47 Å². The molecular formula is C25H23NO5. The van der Waals surface area contributed by atoms with Crippen LogP contribution in [0.2, 0.25) is 0 Å². The Labute approximate surface area is 181 Å². The number of benzene rings is 3. The maximum absolute atomic E-state index is 12.2. The summed E-state index contributed by atoms with van der Waals surface area (Å²) in [7, 11) is 2.88. The van der Waals surface area contributed by atoms with Crippen LogP contribution in [0.25, 0.3) is 6.08 Å². The monoisotopic (exact) mass is 417 g/mol. The van der Waals surface area contributed by atoms with Gasteiger partial charge in [-0.15, -0.1) is 0 Å². The fourth-order valence-corrected chi connectivity index (χ4v) is 2.84. The van der Waals surface area contributed by atoms with Crippen molar-refractivity contribution in [2.24, 2.45) is 0 Å². The van der Waals surface area contributed by atoms with E-state index in [1.54, 1.807) is 49.6 Å². The van der Waals surface area contributed by atoms with E-state index in [1.807, 2.05) is 36.4 Å². The molecule has 0 spiro atoms. The Morgan fingerprint density at radius 3 is 2.45 bits per heavy atom. The fraction of sp³-hybridized carbons (Fsp3) is 0.120. The van der Waals surface area contributed by atoms with E-state index in [-0.39, 0.29) is 5.91 Å². The molecule has 0 aliphatic carbocycles. The van der Waals surface area contributed by atoms with E-state index >= 15 is 0 Å². The maximum atomic E-state index is 12.2. The number of carbonyl (C=O) groups excluding carboxylic acids is 2. The van der Waals surface area contributed by atoms with Gasteiger partial charge in [0, 0.05) is 11.8 Å². The topological polar surface area (TPSA) is 73.9 Å². The highest BCUT2D eigenvalue weighted by Gasteiger charge is 2.08. The van der Waals surface area contributed by atoms with E-state index in [2.05, 4.69) is 10.1 Å². The van der Waals surface area contributed by atoms with Crippen molar-refractivity contribution in [3.8, 4) is 11.5 Å². The SMILES string of the molecule is COC(=O)c1cccc(NC(=O)/C=C/c2ccc(OCc3ccccc3)c(OC)c2)c1. The lowest BCUT2D eigenvalue weighted by atomic mass is 10.1. The largest absolute Gasteiger partial charge is 0.493 e. The van der Waals surface area contributed by atoms with Crippen molar-refractivity contribution >= 4 is 23.6 Å². The van der Waals surface area contributed by atoms with Gasteiger partial charge in [-0.2, -0.15) is 0 Å². The van der Waals surface area contributed by atoms with Crippen LogP contribution in [-0.2, 0) is 16.1 Å². The van der Waals surface area contributed by atoms with Crippen LogP contribution in [0.15, 0.2) is 78.9 Å². The molecule has 0 fully saturated rings. The van der Waals surface area contributed by atoms with E-state index in [9.17, 15) is 9.59 Å². The van der Waals surface area contributed by atoms with Crippen LogP contribution >= 0.6 is 0 Å². The Balaban J connectivity index is 1.63. The van der Waals surface area contributed by atoms with Crippen molar-refractivity contribution in [1.82, 2.24) is 0 Å². The molecule has 6 heteroatoms. The number of rotatable bonds is 8. The molecule has 0 heterocycles. The summed E-state index contributed by atoms with van der Waals surface area (Å²) < 4.78 is 16.0. The van der Waals surface area contributed by atoms with Gasteiger partial charge in [-0.05, 0) is 47.5 Å². The first-order valence-electron chi connectivity index (χ1n) is 9.61. The summed E-state index contributed by atoms with van der Waals surface area (Å²) in [4.78, 5) is 23.9. The Morgan fingerprint density at radius 1 is 0.903 bits per heavy atom. The molecule has 0 radical (unpaired) electrons. The Morgan fingerprint density at radius 2 is 1.71 bits per heavy atom. The molecular weight excluding hydrogens is 394 g/mol. The van der Waals surface area contributed by atoms with Gasteiger partial charge in [0.25, 0.3) is 0 Å². The number of ether oxygens (including phenoxy) is 3. The van der Waals surface area contributed by atoms with Crippen LogP contribution in [0, 0.1) is 0 Å². The Hall–Kier alpha value is -4.06. The van der Waals surface area contributed by atoms with Gasteiger partial charge in [0.1, 0.15) is 6.61 Å². The van der Waals surface area contributed by atoms with Gasteiger partial charge in [0.15, 0.2) is 11.5 Å². The number of hydrogen-bond acceptors (Lipinski definition) is 5. The molecule has 0 aromatic heterocycles. The summed E-state index contributed by atoms with van der Waals surface area (Å²) in [6.07, 6.45) is 3.08. The molecule has 1 amide bonds. The number of nitrogens with one attached hydrogen (secondary N) is 1. The van der Waals surface area contributed by atoms with Gasteiger partial charge in [0.05, 0.1) is 19.8 Å². The molecule has 3 aromatic rings. The summed E-state index contributed by atoms with van der Waals surface area (Å²) in [6.45, 7) is 0.430. The predicted molar refractivity (Wildman–Crippen MR) is 119 cm³/mol. The zero-order valence-electron chi connectivity index (χ0n) is 17.3. The van der Waals surface area contributed by atoms with E-state index in [0.29, 0.717) is 29.4 Å². The second-order valence-electron chi connectivity index (χ2n) is 6.58. The zero-order chi connectivity index (χ0) is 22.1. The molecule has 158 valence electrons. The summed E-state index contributed by atoms with van der Waals surface area (Å²) >= 11 is 0. The average Bonchev–Trinajstić information content (AvgIpc) is 2.82. The number of anilines is 1. The lowest BCUT2D eigenvalue weighted by molar-refractivity contribution is -0.111. The van der Waals surface area contributed by atoms with E-state index in [1.165, 1.54) is 13.2 Å². The van der Waals surface area contributed by atoms with Crippen LogP contribution < -0.4 is 14.8 Å². The predicted octanol–water partition coefficient (Wildman–Crippen LogP) is 4.71. The molecule has 0 unspecified atom stereocenters. The summed E-state index contributed by atoms with van der Waals surface area (Å²) in [5, 5.41) is 2.72. The van der Waals surface area contributed by atoms with Gasteiger partial charge >= 0.3 is 5.97 Å². The van der Waals surface area contributed by atoms with E-state index < -0.39 is 5.97 Å². The molecule has 0 aliphatic rings. The number of hydrogen-bond donors (Lipinski definition) is 1. The molecule has 0 bridgehead atoms. The van der Waals surface area contributed by atoms with E-state index in [0.717, 1.165) is 11.1 Å². The van der Waals surface area contributed by atoms with Gasteiger partial charge in [0.2, 0.25) is 5.91 Å². The minimum absolute atomic E-state index is 0.328. The fourth-order valence-electron chi connectivity index (χ4n) is 2.84. The highest BCUT2D eigenvalue weighted by Crippen LogP contribution is 2.29. The average molecular weight is 417 g/mol. The van der Waals surface area contributed by atoms with Crippen molar-refractivity contribution < 1.29 is 23.8 Å². The third-order valence-corrected chi connectivity index (χ3v) is 4.40. The molecule has 1 N–H and O–H groups in total.